The van der Waals surface area contributed by atoms with Gasteiger partial charge in [0.25, 0.3) is 0 Å². The first-order valence-electron chi connectivity index (χ1n) is 10.9. The molecular weight excluding hydrogens is 600 g/mol. The number of benzene rings is 2. The van der Waals surface area contributed by atoms with Crippen LogP contribution >= 0.6 is 0 Å². The van der Waals surface area contributed by atoms with Gasteiger partial charge in [-0.05, 0) is 29.8 Å². The maximum Gasteiger partial charge on any atom is 0.419 e. The van der Waals surface area contributed by atoms with Crippen LogP contribution in [0.4, 0.5) is 61.5 Å². The molecule has 1 amide bonds. The maximum absolute atomic E-state index is 14.8. The van der Waals surface area contributed by atoms with Gasteiger partial charge in [-0.2, -0.15) is 52.7 Å². The SMILES string of the molecule is O=C(CCC(=O)c1ccc(/C(F)=C/C(c2ccc(C(F)(F)F)c(F)c2)C(F)(F)F)cc1C(F)(F)F)NCC(F)(F)F. The summed E-state index contributed by atoms with van der Waals surface area (Å²) in [5.74, 6) is -9.93. The first-order valence-corrected chi connectivity index (χ1v) is 10.9. The van der Waals surface area contributed by atoms with Gasteiger partial charge in [-0.1, -0.05) is 18.2 Å². The molecule has 41 heavy (non-hydrogen) atoms. The van der Waals surface area contributed by atoms with Crippen LogP contribution in [0.25, 0.3) is 5.83 Å². The molecule has 0 saturated carbocycles. The van der Waals surface area contributed by atoms with E-state index in [1.807, 2.05) is 0 Å². The number of allylic oxidation sites excluding steroid dienone is 1. The summed E-state index contributed by atoms with van der Waals surface area (Å²) >= 11 is 0. The number of alkyl halides is 12. The lowest BCUT2D eigenvalue weighted by Gasteiger charge is -2.19. The fourth-order valence-electron chi connectivity index (χ4n) is 3.40. The van der Waals surface area contributed by atoms with Crippen LogP contribution in [0.2, 0.25) is 0 Å². The van der Waals surface area contributed by atoms with Crippen LogP contribution < -0.4 is 5.32 Å². The van der Waals surface area contributed by atoms with Crippen molar-refractivity contribution < 1.29 is 71.1 Å². The molecule has 2 rings (SSSR count). The number of rotatable bonds is 8. The molecule has 0 saturated heterocycles. The molecule has 3 nitrogen and oxygen atoms in total. The zero-order chi connectivity index (χ0) is 31.6. The summed E-state index contributed by atoms with van der Waals surface area (Å²) in [4.78, 5) is 23.7. The average Bonchev–Trinajstić information content (AvgIpc) is 2.81. The Balaban J connectivity index is 2.42. The van der Waals surface area contributed by atoms with Gasteiger partial charge in [-0.15, -0.1) is 0 Å². The lowest BCUT2D eigenvalue weighted by Crippen LogP contribution is -2.33. The number of hydrogen-bond donors (Lipinski definition) is 1. The molecule has 0 bridgehead atoms. The monoisotopic (exact) mass is 615 g/mol. The Morgan fingerprint density at radius 3 is 1.85 bits per heavy atom. The number of carbonyl (C=O) groups excluding carboxylic acids is 2. The molecule has 0 aliphatic heterocycles. The van der Waals surface area contributed by atoms with Crippen molar-refractivity contribution in [3.8, 4) is 0 Å². The standard InChI is InChI=1S/C24H15F14NO2/c25-17(9-15(23(33,34)35)11-2-4-14(18(26)8-11)22(30,31)32)12-1-3-13(16(7-12)24(36,37)38)19(40)5-6-20(41)39-10-21(27,28)29/h1-4,7-9,15H,5-6,10H2,(H,39,41)/b17-9-. The van der Waals surface area contributed by atoms with Crippen LogP contribution in [-0.2, 0) is 17.1 Å². The Morgan fingerprint density at radius 1 is 0.780 bits per heavy atom. The summed E-state index contributed by atoms with van der Waals surface area (Å²) in [7, 11) is 0. The van der Waals surface area contributed by atoms with Gasteiger partial charge in [0.05, 0.1) is 11.1 Å². The van der Waals surface area contributed by atoms with Crippen molar-refractivity contribution >= 4 is 17.5 Å². The summed E-state index contributed by atoms with van der Waals surface area (Å²) < 4.78 is 185. The second kappa shape index (κ2) is 12.1. The highest BCUT2D eigenvalue weighted by molar-refractivity contribution is 5.99. The third-order valence-corrected chi connectivity index (χ3v) is 5.29. The third-order valence-electron chi connectivity index (χ3n) is 5.29. The predicted octanol–water partition coefficient (Wildman–Crippen LogP) is 8.16. The number of nitrogens with one attached hydrogen (secondary N) is 1. The van der Waals surface area contributed by atoms with Crippen molar-refractivity contribution in [1.29, 1.82) is 0 Å². The molecule has 0 heterocycles. The molecule has 0 fully saturated rings. The number of ketones is 1. The second-order valence-corrected chi connectivity index (χ2v) is 8.34. The molecule has 2 aromatic rings. The first kappa shape index (κ1) is 33.5. The van der Waals surface area contributed by atoms with Gasteiger partial charge in [0, 0.05) is 24.0 Å². The average molecular weight is 615 g/mol. The quantitative estimate of drug-likeness (QED) is 0.241. The van der Waals surface area contributed by atoms with Crippen LogP contribution in [-0.4, -0.2) is 30.6 Å². The Kier molecular flexibility index (Phi) is 9.87. The Labute approximate surface area is 220 Å². The van der Waals surface area contributed by atoms with Gasteiger partial charge < -0.3 is 5.32 Å². The minimum absolute atomic E-state index is 0.0271. The van der Waals surface area contributed by atoms with E-state index in [9.17, 15) is 71.1 Å². The molecule has 0 aliphatic carbocycles. The molecule has 1 N–H and O–H groups in total. The number of halogens is 14. The van der Waals surface area contributed by atoms with Gasteiger partial charge in [-0.3, -0.25) is 9.59 Å². The van der Waals surface area contributed by atoms with Crippen LogP contribution in [0.1, 0.15) is 51.4 Å². The molecule has 0 radical (unpaired) electrons. The number of Topliss-reactive ketones (excluding diaryl/α,β-unsaturated/α-hetero) is 1. The molecule has 17 heteroatoms. The first-order chi connectivity index (χ1) is 18.5. The molecule has 226 valence electrons. The van der Waals surface area contributed by atoms with E-state index in [0.29, 0.717) is 12.1 Å². The normalized spacial score (nSPS) is 14.1. The molecule has 2 aromatic carbocycles. The van der Waals surface area contributed by atoms with E-state index >= 15 is 0 Å². The summed E-state index contributed by atoms with van der Waals surface area (Å²) in [6.45, 7) is -1.77. The zero-order valence-electron chi connectivity index (χ0n) is 19.8. The Bertz CT molecular complexity index is 1300. The van der Waals surface area contributed by atoms with E-state index < -0.39 is 101 Å². The van der Waals surface area contributed by atoms with E-state index in [2.05, 4.69) is 0 Å². The van der Waals surface area contributed by atoms with E-state index in [4.69, 9.17) is 0 Å². The van der Waals surface area contributed by atoms with Crippen molar-refractivity contribution in [1.82, 2.24) is 5.32 Å². The lowest BCUT2D eigenvalue weighted by atomic mass is 9.93. The van der Waals surface area contributed by atoms with Crippen LogP contribution in [0, 0.1) is 5.82 Å². The van der Waals surface area contributed by atoms with Crippen LogP contribution in [0.15, 0.2) is 42.5 Å². The lowest BCUT2D eigenvalue weighted by molar-refractivity contribution is -0.141. The summed E-state index contributed by atoms with van der Waals surface area (Å²) in [6.07, 6.45) is -23.2. The maximum atomic E-state index is 14.8. The van der Waals surface area contributed by atoms with Gasteiger partial charge in [0.15, 0.2) is 5.78 Å². The third kappa shape index (κ3) is 9.45. The van der Waals surface area contributed by atoms with Gasteiger partial charge in [0.1, 0.15) is 24.1 Å². The summed E-state index contributed by atoms with van der Waals surface area (Å²) in [5, 5.41) is 1.39. The molecule has 0 spiro atoms. The topological polar surface area (TPSA) is 46.2 Å². The zero-order valence-corrected chi connectivity index (χ0v) is 19.8. The molecule has 0 aliphatic rings. The second-order valence-electron chi connectivity index (χ2n) is 8.34. The highest BCUT2D eigenvalue weighted by Gasteiger charge is 2.42. The van der Waals surface area contributed by atoms with Crippen molar-refractivity contribution in [3.63, 3.8) is 0 Å². The molecule has 1 atom stereocenters. The summed E-state index contributed by atoms with van der Waals surface area (Å²) in [5.41, 5.74) is -7.30. The highest BCUT2D eigenvalue weighted by Crippen LogP contribution is 2.41. The Morgan fingerprint density at radius 2 is 1.37 bits per heavy atom. The van der Waals surface area contributed by atoms with Gasteiger partial charge in [0.2, 0.25) is 5.91 Å². The predicted molar refractivity (Wildman–Crippen MR) is 113 cm³/mol. The fourth-order valence-corrected chi connectivity index (χ4v) is 3.40. The van der Waals surface area contributed by atoms with E-state index in [-0.39, 0.29) is 30.3 Å². The Hall–Kier alpha value is -3.66. The molecule has 1 unspecified atom stereocenters. The number of amides is 1. The van der Waals surface area contributed by atoms with Crippen LogP contribution in [0.3, 0.4) is 0 Å². The van der Waals surface area contributed by atoms with E-state index in [0.717, 1.165) is 0 Å². The minimum atomic E-state index is -5.45. The minimum Gasteiger partial charge on any atom is -0.347 e. The highest BCUT2D eigenvalue weighted by atomic mass is 19.4. The number of carbonyl (C=O) groups is 2. The van der Waals surface area contributed by atoms with Gasteiger partial charge in [-0.25, -0.2) is 8.78 Å². The van der Waals surface area contributed by atoms with E-state index in [1.54, 1.807) is 0 Å². The van der Waals surface area contributed by atoms with Crippen molar-refractivity contribution in [2.24, 2.45) is 0 Å². The van der Waals surface area contributed by atoms with Crippen molar-refractivity contribution in [3.05, 3.63) is 76.1 Å². The largest absolute Gasteiger partial charge is 0.419 e. The van der Waals surface area contributed by atoms with E-state index in [1.165, 1.54) is 5.32 Å². The van der Waals surface area contributed by atoms with Crippen molar-refractivity contribution in [2.45, 2.75) is 43.5 Å². The van der Waals surface area contributed by atoms with Crippen LogP contribution in [0.5, 0.6) is 0 Å². The van der Waals surface area contributed by atoms with Crippen molar-refractivity contribution in [2.75, 3.05) is 6.54 Å². The van der Waals surface area contributed by atoms with Gasteiger partial charge >= 0.3 is 24.7 Å². The number of hydrogen-bond acceptors (Lipinski definition) is 2. The smallest absolute Gasteiger partial charge is 0.347 e. The summed E-state index contributed by atoms with van der Waals surface area (Å²) in [6, 6.07) is 0.797. The molecule has 0 aromatic heterocycles. The molecular formula is C24H15F14NO2. The fraction of sp³-hybridized carbons (Fsp3) is 0.333.